The van der Waals surface area contributed by atoms with E-state index in [0.717, 1.165) is 157 Å². The predicted octanol–water partition coefficient (Wildman–Crippen LogP) is 23.7. The molecule has 0 fully saturated rings. The fourth-order valence-corrected chi connectivity index (χ4v) is 13.8. The normalized spacial score (nSPS) is 11.2. The Labute approximate surface area is 573 Å². The van der Waals surface area contributed by atoms with Crippen LogP contribution < -0.4 is 18.9 Å². The van der Waals surface area contributed by atoms with E-state index in [1.165, 1.54) is 0 Å². The number of allylic oxidation sites excluding steroid dienone is 2. The van der Waals surface area contributed by atoms with Gasteiger partial charge in [-0.3, -0.25) is 0 Å². The first-order valence-electron chi connectivity index (χ1n) is 32.5. The first-order chi connectivity index (χ1) is 48.4. The Morgan fingerprint density at radius 1 is 0.184 bits per heavy atom. The highest BCUT2D eigenvalue weighted by Gasteiger charge is 2.32. The summed E-state index contributed by atoms with van der Waals surface area (Å²) in [7, 11) is 6.76. The van der Waals surface area contributed by atoms with Gasteiger partial charge in [-0.15, -0.1) is 0 Å². The van der Waals surface area contributed by atoms with Crippen molar-refractivity contribution in [3.63, 3.8) is 0 Å². The zero-order valence-electron chi connectivity index (χ0n) is 54.7. The highest BCUT2D eigenvalue weighted by atomic mass is 16.5. The lowest BCUT2D eigenvalue weighted by Crippen LogP contribution is -2.02. The summed E-state index contributed by atoms with van der Waals surface area (Å²) >= 11 is 0. The van der Waals surface area contributed by atoms with Gasteiger partial charge in [-0.25, -0.2) is 0 Å². The van der Waals surface area contributed by atoms with Gasteiger partial charge < -0.3 is 18.9 Å². The van der Waals surface area contributed by atoms with E-state index < -0.39 is 0 Å². The summed E-state index contributed by atoms with van der Waals surface area (Å²) in [5.41, 5.74) is 26.1. The molecule has 6 heteroatoms. The van der Waals surface area contributed by atoms with Crippen molar-refractivity contribution in [2.24, 2.45) is 0 Å². The zero-order valence-corrected chi connectivity index (χ0v) is 54.7. The van der Waals surface area contributed by atoms with E-state index >= 15 is 0 Å². The number of rotatable bonds is 18. The summed E-state index contributed by atoms with van der Waals surface area (Å²) in [6.07, 6.45) is 0. The van der Waals surface area contributed by atoms with Gasteiger partial charge in [-0.1, -0.05) is 279 Å². The van der Waals surface area contributed by atoms with E-state index in [-0.39, 0.29) is 11.1 Å². The zero-order chi connectivity index (χ0) is 66.9. The van der Waals surface area contributed by atoms with Crippen LogP contribution in [-0.4, -0.2) is 28.4 Å². The second kappa shape index (κ2) is 28.3. The molecule has 0 N–H and O–H groups in total. The molecule has 14 aromatic carbocycles. The van der Waals surface area contributed by atoms with Crippen LogP contribution in [0.5, 0.6) is 23.0 Å². The van der Waals surface area contributed by atoms with Gasteiger partial charge in [0.05, 0.1) is 39.6 Å². The van der Waals surface area contributed by atoms with Crippen molar-refractivity contribution in [1.29, 1.82) is 10.5 Å². The Kier molecular flexibility index (Phi) is 18.0. The smallest absolute Gasteiger partial charge is 0.118 e. The SMILES string of the molecule is COc1ccc(-c2c(-c3ccccc3)c(-c3ccccc3)c(-c3ccc(/C(C#N)=C(\C#N)c4ccc(-c5c(-c6ccccc6)c(-c6ccccc6)c(-c6ccc(OC)cc6)c(-c6ccc(OC)cc6)c5-c5ccccc5)cc4)cc3)c(-c3ccccc3)c2-c2ccc(OC)cc2)cc1. The van der Waals surface area contributed by atoms with Crippen LogP contribution in [-0.2, 0) is 0 Å². The molecule has 0 spiro atoms. The van der Waals surface area contributed by atoms with Gasteiger partial charge in [0.2, 0.25) is 0 Å². The van der Waals surface area contributed by atoms with Gasteiger partial charge in [0.25, 0.3) is 0 Å². The van der Waals surface area contributed by atoms with E-state index in [4.69, 9.17) is 18.9 Å². The Morgan fingerprint density at radius 3 is 0.449 bits per heavy atom. The quantitative estimate of drug-likeness (QED) is 0.0629. The van der Waals surface area contributed by atoms with E-state index in [1.807, 2.05) is 72.8 Å². The summed E-state index contributed by atoms with van der Waals surface area (Å²) in [5.74, 6) is 3.01. The van der Waals surface area contributed by atoms with Crippen molar-refractivity contribution in [3.05, 3.63) is 339 Å². The Balaban J connectivity index is 1.00. The molecule has 0 heterocycles. The van der Waals surface area contributed by atoms with Crippen molar-refractivity contribution in [1.82, 2.24) is 0 Å². The van der Waals surface area contributed by atoms with Crippen LogP contribution in [0.1, 0.15) is 11.1 Å². The minimum atomic E-state index is 0.254. The average Bonchev–Trinajstić information content (AvgIpc) is 0.724. The molecule has 0 unspecified atom stereocenters. The molecule has 0 aliphatic carbocycles. The minimum absolute atomic E-state index is 0.254. The largest absolute Gasteiger partial charge is 0.497 e. The number of ether oxygens (including phenoxy) is 4. The Morgan fingerprint density at radius 2 is 0.316 bits per heavy atom. The van der Waals surface area contributed by atoms with Crippen LogP contribution in [0.15, 0.2) is 328 Å². The average molecular weight is 1260 g/mol. The molecule has 0 saturated heterocycles. The third kappa shape index (κ3) is 12.1. The monoisotopic (exact) mass is 1260 g/mol. The van der Waals surface area contributed by atoms with Gasteiger partial charge in [-0.2, -0.15) is 10.5 Å². The molecule has 0 aromatic heterocycles. The molecule has 0 saturated carbocycles. The van der Waals surface area contributed by atoms with Crippen molar-refractivity contribution in [2.45, 2.75) is 0 Å². The lowest BCUT2D eigenvalue weighted by molar-refractivity contribution is 0.414. The maximum absolute atomic E-state index is 11.5. The van der Waals surface area contributed by atoms with Gasteiger partial charge >= 0.3 is 0 Å². The fraction of sp³-hybridized carbons (Fsp3) is 0.0435. The van der Waals surface area contributed by atoms with E-state index in [0.29, 0.717) is 11.1 Å². The van der Waals surface area contributed by atoms with Crippen LogP contribution in [0.4, 0.5) is 0 Å². The van der Waals surface area contributed by atoms with Crippen molar-refractivity contribution in [2.75, 3.05) is 28.4 Å². The summed E-state index contributed by atoms with van der Waals surface area (Å²) in [6, 6.07) is 118. The number of hydrogen-bond donors (Lipinski definition) is 0. The minimum Gasteiger partial charge on any atom is -0.497 e. The van der Waals surface area contributed by atoms with Crippen LogP contribution in [0, 0.1) is 22.7 Å². The second-order valence-electron chi connectivity index (χ2n) is 23.7. The van der Waals surface area contributed by atoms with E-state index in [9.17, 15) is 10.5 Å². The first-order valence-corrected chi connectivity index (χ1v) is 32.5. The van der Waals surface area contributed by atoms with E-state index in [1.54, 1.807) is 28.4 Å². The third-order valence-corrected chi connectivity index (χ3v) is 18.3. The number of benzene rings is 14. The summed E-state index contributed by atoms with van der Waals surface area (Å²) in [5, 5.41) is 22.9. The highest BCUT2D eigenvalue weighted by molar-refractivity contribution is 6.17. The van der Waals surface area contributed by atoms with Crippen LogP contribution in [0.25, 0.3) is 145 Å². The van der Waals surface area contributed by atoms with E-state index in [2.05, 4.69) is 267 Å². The lowest BCUT2D eigenvalue weighted by Gasteiger charge is -2.29. The van der Waals surface area contributed by atoms with Crippen LogP contribution in [0.2, 0.25) is 0 Å². The molecular weight excluding hydrogens is 1200 g/mol. The molecule has 14 rings (SSSR count). The predicted molar refractivity (Wildman–Crippen MR) is 402 cm³/mol. The maximum atomic E-state index is 11.5. The molecule has 0 aliphatic heterocycles. The fourth-order valence-electron chi connectivity index (χ4n) is 13.8. The third-order valence-electron chi connectivity index (χ3n) is 18.3. The van der Waals surface area contributed by atoms with Crippen molar-refractivity contribution < 1.29 is 18.9 Å². The number of nitrogens with zero attached hydrogens (tertiary/aromatic N) is 2. The van der Waals surface area contributed by atoms with Crippen LogP contribution in [0.3, 0.4) is 0 Å². The number of nitriles is 2. The molecule has 98 heavy (non-hydrogen) atoms. The Hall–Kier alpha value is -13.0. The topological polar surface area (TPSA) is 84.5 Å². The van der Waals surface area contributed by atoms with Gasteiger partial charge in [0, 0.05) is 0 Å². The standard InChI is InChI=1S/C92H66N2O4/c1-95-75-51-43-71(44-52-75)89-83(65-27-15-7-16-28-65)81(63-23-11-5-12-24-63)87(85(67-31-19-9-20-32-67)91(89)73-47-55-77(97-3)56-48-73)69-39-35-61(36-40-69)79(59-93)80(60-94)62-37-41-70(42-38-62)88-82(64-25-13-6-14-26-64)84(66-29-17-8-18-30-66)90(72-45-53-76(96-2)54-46-72)92(74-49-57-78(98-4)58-50-74)86(88)68-33-21-10-22-34-68/h5-58H,1-4H3/b80-79+. The summed E-state index contributed by atoms with van der Waals surface area (Å²) in [6.45, 7) is 0. The summed E-state index contributed by atoms with van der Waals surface area (Å²) in [4.78, 5) is 0. The Bertz CT molecular complexity index is 4930. The lowest BCUT2D eigenvalue weighted by atomic mass is 9.74. The van der Waals surface area contributed by atoms with Crippen LogP contribution >= 0.6 is 0 Å². The molecule has 0 amide bonds. The molecule has 0 aliphatic rings. The first kappa shape index (κ1) is 62.4. The molecular formula is C92H66N2O4. The van der Waals surface area contributed by atoms with Gasteiger partial charge in [-0.05, 0) is 193 Å². The summed E-state index contributed by atoms with van der Waals surface area (Å²) < 4.78 is 23.1. The number of methoxy groups -OCH3 is 4. The molecule has 0 atom stereocenters. The molecule has 0 radical (unpaired) electrons. The molecule has 6 nitrogen and oxygen atoms in total. The molecule has 14 aromatic rings. The molecule has 0 bridgehead atoms. The molecule has 468 valence electrons. The van der Waals surface area contributed by atoms with Crippen molar-refractivity contribution in [3.8, 4) is 169 Å². The number of hydrogen-bond acceptors (Lipinski definition) is 6. The van der Waals surface area contributed by atoms with Crippen molar-refractivity contribution >= 4 is 11.1 Å². The maximum Gasteiger partial charge on any atom is 0.118 e. The van der Waals surface area contributed by atoms with Gasteiger partial charge in [0.1, 0.15) is 35.1 Å². The second-order valence-corrected chi connectivity index (χ2v) is 23.7. The van der Waals surface area contributed by atoms with Gasteiger partial charge in [0.15, 0.2) is 0 Å². The highest BCUT2D eigenvalue weighted by Crippen LogP contribution is 2.58.